The van der Waals surface area contributed by atoms with E-state index in [2.05, 4.69) is 27.0 Å². The van der Waals surface area contributed by atoms with Gasteiger partial charge in [-0.15, -0.1) is 0 Å². The van der Waals surface area contributed by atoms with Crippen molar-refractivity contribution in [3.63, 3.8) is 0 Å². The molecule has 3 rings (SSSR count). The van der Waals surface area contributed by atoms with Crippen LogP contribution in [-0.4, -0.2) is 25.0 Å². The third-order valence-electron chi connectivity index (χ3n) is 5.55. The van der Waals surface area contributed by atoms with Gasteiger partial charge in [-0.2, -0.15) is 0 Å². The second-order valence-electron chi connectivity index (χ2n) is 7.58. The predicted molar refractivity (Wildman–Crippen MR) is 107 cm³/mol. The predicted octanol–water partition coefficient (Wildman–Crippen LogP) is 3.81. The Kier molecular flexibility index (Phi) is 6.92. The van der Waals surface area contributed by atoms with Crippen molar-refractivity contribution < 1.29 is 4.79 Å². The van der Waals surface area contributed by atoms with Crippen LogP contribution >= 0.6 is 0 Å². The second-order valence-corrected chi connectivity index (χ2v) is 7.58. The zero-order valence-electron chi connectivity index (χ0n) is 15.9. The summed E-state index contributed by atoms with van der Waals surface area (Å²) in [6.45, 7) is 0.694. The molecule has 0 heterocycles. The SMILES string of the molecule is CN=C(NCc1cccc(NC(=O)C2CCCC2)c1)NC1CCCCC1. The molecule has 0 bridgehead atoms. The highest BCUT2D eigenvalue weighted by Crippen LogP contribution is 2.26. The standard InChI is InChI=1S/C21H32N4O/c1-22-21(25-18-11-3-2-4-12-18)23-15-16-8-7-13-19(14-16)24-20(26)17-9-5-6-10-17/h7-8,13-14,17-18H,2-6,9-12,15H2,1H3,(H,24,26)(H2,22,23,25). The average Bonchev–Trinajstić information content (AvgIpc) is 3.21. The van der Waals surface area contributed by atoms with E-state index in [1.165, 1.54) is 44.9 Å². The molecule has 3 N–H and O–H groups in total. The highest BCUT2D eigenvalue weighted by Gasteiger charge is 2.22. The number of amides is 1. The van der Waals surface area contributed by atoms with Crippen LogP contribution in [0.25, 0.3) is 0 Å². The topological polar surface area (TPSA) is 65.5 Å². The van der Waals surface area contributed by atoms with E-state index in [1.54, 1.807) is 0 Å². The van der Waals surface area contributed by atoms with Crippen molar-refractivity contribution in [1.29, 1.82) is 0 Å². The Labute approximate surface area is 157 Å². The van der Waals surface area contributed by atoms with Crippen LogP contribution in [0.4, 0.5) is 5.69 Å². The molecule has 0 atom stereocenters. The first kappa shape index (κ1) is 18.7. The minimum absolute atomic E-state index is 0.169. The number of aliphatic imine (C=N–C) groups is 1. The molecule has 1 aromatic carbocycles. The number of guanidine groups is 1. The summed E-state index contributed by atoms with van der Waals surface area (Å²) in [5.74, 6) is 1.22. The molecule has 0 aliphatic heterocycles. The molecular weight excluding hydrogens is 324 g/mol. The molecule has 0 aromatic heterocycles. The van der Waals surface area contributed by atoms with Crippen LogP contribution in [0.15, 0.2) is 29.3 Å². The van der Waals surface area contributed by atoms with Crippen molar-refractivity contribution in [1.82, 2.24) is 10.6 Å². The van der Waals surface area contributed by atoms with Gasteiger partial charge in [0, 0.05) is 31.2 Å². The molecule has 5 nitrogen and oxygen atoms in total. The van der Waals surface area contributed by atoms with Gasteiger partial charge in [-0.05, 0) is 43.4 Å². The fraction of sp³-hybridized carbons (Fsp3) is 0.619. The number of anilines is 1. The lowest BCUT2D eigenvalue weighted by Crippen LogP contribution is -2.43. The number of nitrogens with one attached hydrogen (secondary N) is 3. The minimum Gasteiger partial charge on any atom is -0.354 e. The Morgan fingerprint density at radius 2 is 1.81 bits per heavy atom. The fourth-order valence-electron chi connectivity index (χ4n) is 4.01. The van der Waals surface area contributed by atoms with Crippen molar-refractivity contribution in [3.8, 4) is 0 Å². The molecule has 142 valence electrons. The quantitative estimate of drug-likeness (QED) is 0.555. The lowest BCUT2D eigenvalue weighted by molar-refractivity contribution is -0.119. The first-order valence-electron chi connectivity index (χ1n) is 10.1. The number of hydrogen-bond acceptors (Lipinski definition) is 2. The molecule has 2 saturated carbocycles. The van der Waals surface area contributed by atoms with Gasteiger partial charge in [0.2, 0.25) is 5.91 Å². The summed E-state index contributed by atoms with van der Waals surface area (Å²) in [5, 5.41) is 10.0. The van der Waals surface area contributed by atoms with Crippen LogP contribution in [0.5, 0.6) is 0 Å². The van der Waals surface area contributed by atoms with Gasteiger partial charge in [-0.25, -0.2) is 0 Å². The van der Waals surface area contributed by atoms with Crippen LogP contribution in [0.3, 0.4) is 0 Å². The molecule has 5 heteroatoms. The van der Waals surface area contributed by atoms with Crippen LogP contribution in [0.1, 0.15) is 63.4 Å². The summed E-state index contributed by atoms with van der Waals surface area (Å²) in [4.78, 5) is 16.6. The van der Waals surface area contributed by atoms with E-state index < -0.39 is 0 Å². The van der Waals surface area contributed by atoms with Gasteiger partial charge in [0.1, 0.15) is 0 Å². The monoisotopic (exact) mass is 356 g/mol. The fourth-order valence-corrected chi connectivity index (χ4v) is 4.01. The summed E-state index contributed by atoms with van der Waals surface area (Å²) in [6, 6.07) is 8.62. The minimum atomic E-state index is 0.169. The number of benzene rings is 1. The Balaban J connectivity index is 1.50. The maximum absolute atomic E-state index is 12.3. The molecule has 2 fully saturated rings. The van der Waals surface area contributed by atoms with Gasteiger partial charge < -0.3 is 16.0 Å². The smallest absolute Gasteiger partial charge is 0.227 e. The number of carbonyl (C=O) groups excluding carboxylic acids is 1. The summed E-state index contributed by atoms with van der Waals surface area (Å²) in [7, 11) is 1.82. The van der Waals surface area contributed by atoms with E-state index in [0.717, 1.165) is 30.1 Å². The summed E-state index contributed by atoms with van der Waals surface area (Å²) in [5.41, 5.74) is 2.03. The van der Waals surface area contributed by atoms with Gasteiger partial charge in [-0.3, -0.25) is 9.79 Å². The third kappa shape index (κ3) is 5.48. The first-order valence-corrected chi connectivity index (χ1v) is 10.1. The van der Waals surface area contributed by atoms with E-state index in [1.807, 2.05) is 25.2 Å². The van der Waals surface area contributed by atoms with E-state index in [4.69, 9.17) is 0 Å². The largest absolute Gasteiger partial charge is 0.354 e. The maximum Gasteiger partial charge on any atom is 0.227 e. The van der Waals surface area contributed by atoms with Crippen LogP contribution < -0.4 is 16.0 Å². The maximum atomic E-state index is 12.3. The zero-order chi connectivity index (χ0) is 18.2. The van der Waals surface area contributed by atoms with Gasteiger partial charge in [-0.1, -0.05) is 44.2 Å². The Bertz CT molecular complexity index is 616. The van der Waals surface area contributed by atoms with E-state index in [0.29, 0.717) is 12.6 Å². The average molecular weight is 357 g/mol. The number of rotatable bonds is 5. The molecule has 0 unspecified atom stereocenters. The van der Waals surface area contributed by atoms with Gasteiger partial charge in [0.05, 0.1) is 0 Å². The highest BCUT2D eigenvalue weighted by atomic mass is 16.1. The molecule has 26 heavy (non-hydrogen) atoms. The highest BCUT2D eigenvalue weighted by molar-refractivity contribution is 5.92. The van der Waals surface area contributed by atoms with Gasteiger partial charge in [0.15, 0.2) is 5.96 Å². The van der Waals surface area contributed by atoms with Crippen molar-refractivity contribution in [2.24, 2.45) is 10.9 Å². The summed E-state index contributed by atoms with van der Waals surface area (Å²) >= 11 is 0. The lowest BCUT2D eigenvalue weighted by Gasteiger charge is -2.25. The molecule has 0 saturated heterocycles. The lowest BCUT2D eigenvalue weighted by atomic mass is 9.96. The molecule has 2 aliphatic carbocycles. The molecule has 0 spiro atoms. The van der Waals surface area contributed by atoms with Crippen LogP contribution in [-0.2, 0) is 11.3 Å². The van der Waals surface area contributed by atoms with Crippen LogP contribution in [0.2, 0.25) is 0 Å². The van der Waals surface area contributed by atoms with E-state index in [-0.39, 0.29) is 11.8 Å². The molecule has 1 amide bonds. The van der Waals surface area contributed by atoms with E-state index in [9.17, 15) is 4.79 Å². The second kappa shape index (κ2) is 9.60. The number of nitrogens with zero attached hydrogens (tertiary/aromatic N) is 1. The van der Waals surface area contributed by atoms with Crippen LogP contribution in [0, 0.1) is 5.92 Å². The van der Waals surface area contributed by atoms with Crippen molar-refractivity contribution in [2.75, 3.05) is 12.4 Å². The van der Waals surface area contributed by atoms with Crippen molar-refractivity contribution >= 4 is 17.6 Å². The molecule has 1 aromatic rings. The van der Waals surface area contributed by atoms with Gasteiger partial charge >= 0.3 is 0 Å². The number of carbonyl (C=O) groups is 1. The van der Waals surface area contributed by atoms with Gasteiger partial charge in [0.25, 0.3) is 0 Å². The van der Waals surface area contributed by atoms with Crippen molar-refractivity contribution in [2.45, 2.75) is 70.4 Å². The number of hydrogen-bond donors (Lipinski definition) is 3. The molecular formula is C21H32N4O. The Hall–Kier alpha value is -2.04. The normalized spacial score (nSPS) is 19.3. The summed E-state index contributed by atoms with van der Waals surface area (Å²) in [6.07, 6.45) is 10.8. The van der Waals surface area contributed by atoms with Crippen molar-refractivity contribution in [3.05, 3.63) is 29.8 Å². The Morgan fingerprint density at radius 3 is 2.54 bits per heavy atom. The summed E-state index contributed by atoms with van der Waals surface area (Å²) < 4.78 is 0. The Morgan fingerprint density at radius 1 is 1.08 bits per heavy atom. The zero-order valence-corrected chi connectivity index (χ0v) is 15.9. The molecule has 2 aliphatic rings. The third-order valence-corrected chi connectivity index (χ3v) is 5.55. The molecule has 0 radical (unpaired) electrons. The van der Waals surface area contributed by atoms with E-state index >= 15 is 0 Å². The first-order chi connectivity index (χ1) is 12.7.